The van der Waals surface area contributed by atoms with Crippen LogP contribution in [-0.4, -0.2) is 26.2 Å². The summed E-state index contributed by atoms with van der Waals surface area (Å²) in [5, 5.41) is 0. The molecule has 1 aliphatic carbocycles. The minimum absolute atomic E-state index is 0.0617. The van der Waals surface area contributed by atoms with Crippen LogP contribution in [0.1, 0.15) is 25.3 Å². The van der Waals surface area contributed by atoms with Crippen molar-refractivity contribution in [3.8, 4) is 0 Å². The van der Waals surface area contributed by atoms with E-state index in [-0.39, 0.29) is 5.92 Å². The average molecular weight is 314 g/mol. The summed E-state index contributed by atoms with van der Waals surface area (Å²) in [6.45, 7) is 5.87. The molecule has 0 heterocycles. The zero-order chi connectivity index (χ0) is 17.0. The van der Waals surface area contributed by atoms with E-state index < -0.39 is 17.4 Å². The molecule has 1 unspecified atom stereocenters. The number of carbonyl (C=O) groups is 2. The molecule has 1 saturated carbocycles. The van der Waals surface area contributed by atoms with Gasteiger partial charge in [-0.15, -0.1) is 6.58 Å². The number of esters is 2. The molecule has 0 radical (unpaired) electrons. The van der Waals surface area contributed by atoms with Crippen LogP contribution in [0.15, 0.2) is 48.6 Å². The number of benzene rings is 1. The van der Waals surface area contributed by atoms with Gasteiger partial charge in [0.05, 0.1) is 14.2 Å². The molecule has 1 fully saturated rings. The molecule has 4 nitrogen and oxygen atoms in total. The summed E-state index contributed by atoms with van der Waals surface area (Å²) >= 11 is 0. The monoisotopic (exact) mass is 314 g/mol. The van der Waals surface area contributed by atoms with Crippen molar-refractivity contribution < 1.29 is 19.1 Å². The van der Waals surface area contributed by atoms with E-state index in [2.05, 4.69) is 6.58 Å². The smallest absolute Gasteiger partial charge is 0.323 e. The third-order valence-corrected chi connectivity index (χ3v) is 4.63. The first-order valence-electron chi connectivity index (χ1n) is 7.54. The second-order valence-electron chi connectivity index (χ2n) is 5.80. The molecule has 1 aliphatic rings. The van der Waals surface area contributed by atoms with Crippen molar-refractivity contribution in [2.24, 2.45) is 11.3 Å². The van der Waals surface area contributed by atoms with E-state index >= 15 is 0 Å². The maximum Gasteiger partial charge on any atom is 0.323 e. The summed E-state index contributed by atoms with van der Waals surface area (Å²) in [6.07, 6.45) is 2.41. The Bertz CT molecular complexity index is 627. The molecular formula is C19H22O4. The Balaban J connectivity index is 2.53. The van der Waals surface area contributed by atoms with Crippen molar-refractivity contribution in [2.45, 2.75) is 19.8 Å². The summed E-state index contributed by atoms with van der Waals surface area (Å²) in [6, 6.07) is 9.90. The fraction of sp³-hybridized carbons (Fsp3) is 0.368. The lowest BCUT2D eigenvalue weighted by molar-refractivity contribution is -0.168. The van der Waals surface area contributed by atoms with Crippen molar-refractivity contribution in [2.75, 3.05) is 14.2 Å². The molecule has 2 rings (SSSR count). The second-order valence-corrected chi connectivity index (χ2v) is 5.80. The summed E-state index contributed by atoms with van der Waals surface area (Å²) < 4.78 is 9.78. The highest BCUT2D eigenvalue weighted by Crippen LogP contribution is 2.49. The van der Waals surface area contributed by atoms with Gasteiger partial charge >= 0.3 is 11.9 Å². The Morgan fingerprint density at radius 3 is 2.22 bits per heavy atom. The SMILES string of the molecule is C=CC1CC(C(=O)OC)(C(=O)OC)C/C1=C(\C)c1ccccc1. The number of hydrogen-bond donors (Lipinski definition) is 0. The molecule has 0 N–H and O–H groups in total. The highest BCUT2D eigenvalue weighted by atomic mass is 16.5. The van der Waals surface area contributed by atoms with Crippen LogP contribution < -0.4 is 0 Å². The molecule has 122 valence electrons. The first-order chi connectivity index (χ1) is 11.0. The molecule has 1 aromatic carbocycles. The maximum atomic E-state index is 12.3. The Morgan fingerprint density at radius 1 is 1.17 bits per heavy atom. The van der Waals surface area contributed by atoms with Gasteiger partial charge in [0.15, 0.2) is 5.41 Å². The molecule has 4 heteroatoms. The van der Waals surface area contributed by atoms with E-state index in [0.717, 1.165) is 16.7 Å². The highest BCUT2D eigenvalue weighted by molar-refractivity contribution is 6.01. The van der Waals surface area contributed by atoms with Gasteiger partial charge < -0.3 is 9.47 Å². The molecule has 1 aromatic rings. The lowest BCUT2D eigenvalue weighted by atomic mass is 9.85. The number of methoxy groups -OCH3 is 2. The normalized spacial score (nSPS) is 21.4. The van der Waals surface area contributed by atoms with Crippen LogP contribution in [0.25, 0.3) is 5.57 Å². The van der Waals surface area contributed by atoms with Gasteiger partial charge in [-0.1, -0.05) is 42.0 Å². The van der Waals surface area contributed by atoms with Crippen molar-refractivity contribution in [3.63, 3.8) is 0 Å². The molecule has 0 saturated heterocycles. The predicted molar refractivity (Wildman–Crippen MR) is 88.4 cm³/mol. The van der Waals surface area contributed by atoms with Crippen LogP contribution in [0.3, 0.4) is 0 Å². The van der Waals surface area contributed by atoms with Gasteiger partial charge in [0.1, 0.15) is 0 Å². The number of allylic oxidation sites excluding steroid dienone is 3. The lowest BCUT2D eigenvalue weighted by Gasteiger charge is -2.22. The molecular weight excluding hydrogens is 292 g/mol. The number of ether oxygens (including phenoxy) is 2. The maximum absolute atomic E-state index is 12.3. The third kappa shape index (κ3) is 2.93. The Morgan fingerprint density at radius 2 is 1.74 bits per heavy atom. The van der Waals surface area contributed by atoms with Crippen molar-refractivity contribution in [1.82, 2.24) is 0 Å². The van der Waals surface area contributed by atoms with Gasteiger partial charge in [-0.2, -0.15) is 0 Å². The van der Waals surface area contributed by atoms with Crippen LogP contribution in [-0.2, 0) is 19.1 Å². The van der Waals surface area contributed by atoms with E-state index in [9.17, 15) is 9.59 Å². The van der Waals surface area contributed by atoms with Gasteiger partial charge in [-0.3, -0.25) is 9.59 Å². The fourth-order valence-corrected chi connectivity index (χ4v) is 3.32. The first-order valence-corrected chi connectivity index (χ1v) is 7.54. The number of rotatable bonds is 4. The van der Waals surface area contributed by atoms with Gasteiger partial charge in [0, 0.05) is 0 Å². The Labute approximate surface area is 136 Å². The fourth-order valence-electron chi connectivity index (χ4n) is 3.32. The van der Waals surface area contributed by atoms with Gasteiger partial charge in [-0.05, 0) is 36.8 Å². The van der Waals surface area contributed by atoms with E-state index in [1.54, 1.807) is 6.08 Å². The van der Waals surface area contributed by atoms with Crippen LogP contribution in [0, 0.1) is 11.3 Å². The molecule has 1 atom stereocenters. The second kappa shape index (κ2) is 6.82. The topological polar surface area (TPSA) is 52.6 Å². The van der Waals surface area contributed by atoms with Gasteiger partial charge in [0.2, 0.25) is 0 Å². The first kappa shape index (κ1) is 17.0. The lowest BCUT2D eigenvalue weighted by Crippen LogP contribution is -2.39. The standard InChI is InChI=1S/C19H22O4/c1-5-14-11-19(17(20)22-3,18(21)23-4)12-16(14)13(2)15-9-7-6-8-10-15/h5-10,14H,1,11-12H2,2-4H3/b16-13-. The third-order valence-electron chi connectivity index (χ3n) is 4.63. The minimum Gasteiger partial charge on any atom is -0.468 e. The molecule has 0 spiro atoms. The molecule has 0 amide bonds. The predicted octanol–water partition coefficient (Wildman–Crippen LogP) is 3.39. The van der Waals surface area contributed by atoms with Crippen LogP contribution in [0.4, 0.5) is 0 Å². The van der Waals surface area contributed by atoms with E-state index in [0.29, 0.717) is 12.8 Å². The largest absolute Gasteiger partial charge is 0.468 e. The van der Waals surface area contributed by atoms with Crippen molar-refractivity contribution >= 4 is 17.5 Å². The van der Waals surface area contributed by atoms with E-state index in [1.807, 2.05) is 37.3 Å². The average Bonchev–Trinajstić information content (AvgIpc) is 3.01. The van der Waals surface area contributed by atoms with E-state index in [1.165, 1.54) is 14.2 Å². The Hall–Kier alpha value is -2.36. The van der Waals surface area contributed by atoms with Gasteiger partial charge in [-0.25, -0.2) is 0 Å². The summed E-state index contributed by atoms with van der Waals surface area (Å²) in [4.78, 5) is 24.6. The summed E-state index contributed by atoms with van der Waals surface area (Å²) in [5.74, 6) is -1.16. The number of hydrogen-bond acceptors (Lipinski definition) is 4. The van der Waals surface area contributed by atoms with Crippen LogP contribution >= 0.6 is 0 Å². The minimum atomic E-state index is -1.28. The molecule has 0 aliphatic heterocycles. The highest BCUT2D eigenvalue weighted by Gasteiger charge is 2.55. The van der Waals surface area contributed by atoms with Crippen molar-refractivity contribution in [3.05, 3.63) is 54.1 Å². The van der Waals surface area contributed by atoms with Crippen LogP contribution in [0.5, 0.6) is 0 Å². The zero-order valence-corrected chi connectivity index (χ0v) is 13.8. The van der Waals surface area contributed by atoms with Crippen molar-refractivity contribution in [1.29, 1.82) is 0 Å². The Kier molecular flexibility index (Phi) is 5.04. The quantitative estimate of drug-likeness (QED) is 0.485. The van der Waals surface area contributed by atoms with Gasteiger partial charge in [0.25, 0.3) is 0 Å². The zero-order valence-electron chi connectivity index (χ0n) is 13.8. The summed E-state index contributed by atoms with van der Waals surface area (Å²) in [5.41, 5.74) is 1.88. The number of carbonyl (C=O) groups excluding carboxylic acids is 2. The van der Waals surface area contributed by atoms with Crippen LogP contribution in [0.2, 0.25) is 0 Å². The van der Waals surface area contributed by atoms with E-state index in [4.69, 9.17) is 9.47 Å². The molecule has 0 bridgehead atoms. The summed E-state index contributed by atoms with van der Waals surface area (Å²) in [7, 11) is 2.59. The molecule has 0 aromatic heterocycles. The molecule has 23 heavy (non-hydrogen) atoms.